The molecule has 0 aliphatic heterocycles. The summed E-state index contributed by atoms with van der Waals surface area (Å²) in [5.41, 5.74) is 1.48. The van der Waals surface area contributed by atoms with E-state index in [9.17, 15) is 4.79 Å². The lowest BCUT2D eigenvalue weighted by molar-refractivity contribution is 0.0942. The van der Waals surface area contributed by atoms with Gasteiger partial charge in [0, 0.05) is 17.3 Å². The molecule has 0 bridgehead atoms. The van der Waals surface area contributed by atoms with Crippen LogP contribution in [0.1, 0.15) is 36.0 Å². The Kier molecular flexibility index (Phi) is 7.99. The van der Waals surface area contributed by atoms with Crippen LogP contribution in [0.15, 0.2) is 48.5 Å². The number of amides is 1. The number of hydrogen-bond donors (Lipinski definition) is 0. The molecule has 0 heterocycles. The Labute approximate surface area is 177 Å². The van der Waals surface area contributed by atoms with Gasteiger partial charge in [0.05, 0.1) is 16.1 Å². The van der Waals surface area contributed by atoms with Crippen molar-refractivity contribution < 1.29 is 4.79 Å². The normalized spacial score (nSPS) is 19.4. The summed E-state index contributed by atoms with van der Waals surface area (Å²) in [4.78, 5) is 17.7. The zero-order valence-electron chi connectivity index (χ0n) is 15.6. The fourth-order valence-electron chi connectivity index (χ4n) is 3.81. The van der Waals surface area contributed by atoms with Gasteiger partial charge in [0.25, 0.3) is 5.91 Å². The maximum atomic E-state index is 13.5. The van der Waals surface area contributed by atoms with Crippen LogP contribution in [0.2, 0.25) is 10.0 Å². The predicted octanol–water partition coefficient (Wildman–Crippen LogP) is 5.93. The largest absolute Gasteiger partial charge is 0.304 e. The molecular formula is C21H25Cl3N2O. The molecule has 146 valence electrons. The highest BCUT2D eigenvalue weighted by atomic mass is 35.5. The lowest BCUT2D eigenvalue weighted by atomic mass is 9.87. The SMILES string of the molecule is CN(C)[C@H]1CCCC[C@@H]1N(C(=O)c1ccc(Cl)c(Cl)c1)c1ccccc1.Cl. The summed E-state index contributed by atoms with van der Waals surface area (Å²) >= 11 is 12.2. The minimum absolute atomic E-state index is 0. The van der Waals surface area contributed by atoms with Crippen molar-refractivity contribution in [1.82, 2.24) is 4.90 Å². The fraction of sp³-hybridized carbons (Fsp3) is 0.381. The third-order valence-corrected chi connectivity index (χ3v) is 5.85. The van der Waals surface area contributed by atoms with Crippen LogP contribution in [-0.4, -0.2) is 37.0 Å². The molecule has 1 amide bonds. The van der Waals surface area contributed by atoms with Crippen molar-refractivity contribution in [3.8, 4) is 0 Å². The second-order valence-corrected chi connectivity index (χ2v) is 7.84. The van der Waals surface area contributed by atoms with Crippen LogP contribution in [0.5, 0.6) is 0 Å². The number of carbonyl (C=O) groups excluding carboxylic acids is 1. The molecule has 6 heteroatoms. The number of anilines is 1. The highest BCUT2D eigenvalue weighted by molar-refractivity contribution is 6.42. The van der Waals surface area contributed by atoms with Crippen molar-refractivity contribution in [2.75, 3.05) is 19.0 Å². The summed E-state index contributed by atoms with van der Waals surface area (Å²) in [5, 5.41) is 0.858. The lowest BCUT2D eigenvalue weighted by Gasteiger charge is -2.43. The first kappa shape index (κ1) is 22.0. The summed E-state index contributed by atoms with van der Waals surface area (Å²) in [6.07, 6.45) is 4.41. The van der Waals surface area contributed by atoms with Gasteiger partial charge in [-0.1, -0.05) is 54.2 Å². The van der Waals surface area contributed by atoms with E-state index in [0.29, 0.717) is 21.7 Å². The van der Waals surface area contributed by atoms with Gasteiger partial charge in [0.2, 0.25) is 0 Å². The van der Waals surface area contributed by atoms with Gasteiger partial charge in [-0.05, 0) is 57.3 Å². The molecule has 0 aromatic heterocycles. The number of benzene rings is 2. The highest BCUT2D eigenvalue weighted by Crippen LogP contribution is 2.32. The van der Waals surface area contributed by atoms with E-state index < -0.39 is 0 Å². The molecule has 0 N–H and O–H groups in total. The number of hydrogen-bond acceptors (Lipinski definition) is 2. The Morgan fingerprint density at radius 2 is 1.56 bits per heavy atom. The summed E-state index contributed by atoms with van der Waals surface area (Å²) < 4.78 is 0. The van der Waals surface area contributed by atoms with Gasteiger partial charge >= 0.3 is 0 Å². The summed E-state index contributed by atoms with van der Waals surface area (Å²) in [5.74, 6) is -0.0338. The van der Waals surface area contributed by atoms with E-state index in [1.165, 1.54) is 6.42 Å². The summed E-state index contributed by atoms with van der Waals surface area (Å²) in [6, 6.07) is 15.5. The maximum Gasteiger partial charge on any atom is 0.258 e. The first-order valence-corrected chi connectivity index (χ1v) is 9.74. The zero-order chi connectivity index (χ0) is 18.7. The third-order valence-electron chi connectivity index (χ3n) is 5.11. The number of rotatable bonds is 4. The molecule has 0 spiro atoms. The topological polar surface area (TPSA) is 23.6 Å². The third kappa shape index (κ3) is 4.97. The van der Waals surface area contributed by atoms with Crippen molar-refractivity contribution in [2.45, 2.75) is 37.8 Å². The molecule has 0 unspecified atom stereocenters. The number of nitrogens with zero attached hydrogens (tertiary/aromatic N) is 2. The van der Waals surface area contributed by atoms with Crippen molar-refractivity contribution in [2.24, 2.45) is 0 Å². The van der Waals surface area contributed by atoms with Crippen LogP contribution in [0.25, 0.3) is 0 Å². The standard InChI is InChI=1S/C21H24Cl2N2O.ClH/c1-24(2)19-10-6-7-11-20(19)25(16-8-4-3-5-9-16)21(26)15-12-13-17(22)18(23)14-15;/h3-5,8-9,12-14,19-20H,6-7,10-11H2,1-2H3;1H/t19-,20-;/m0./s1. The van der Waals surface area contributed by atoms with Gasteiger partial charge in [-0.2, -0.15) is 0 Å². The lowest BCUT2D eigenvalue weighted by Crippen LogP contribution is -2.53. The van der Waals surface area contributed by atoms with E-state index >= 15 is 0 Å². The quantitative estimate of drug-likeness (QED) is 0.603. The van der Waals surface area contributed by atoms with Gasteiger partial charge in [-0.15, -0.1) is 12.4 Å². The van der Waals surface area contributed by atoms with Crippen LogP contribution in [-0.2, 0) is 0 Å². The molecule has 3 rings (SSSR count). The first-order valence-electron chi connectivity index (χ1n) is 8.99. The van der Waals surface area contributed by atoms with E-state index in [1.807, 2.05) is 35.2 Å². The van der Waals surface area contributed by atoms with Crippen molar-refractivity contribution in [1.29, 1.82) is 0 Å². The zero-order valence-corrected chi connectivity index (χ0v) is 17.9. The number of carbonyl (C=O) groups is 1. The Bertz CT molecular complexity index is 767. The second-order valence-electron chi connectivity index (χ2n) is 7.02. The van der Waals surface area contributed by atoms with Gasteiger partial charge in [0.15, 0.2) is 0 Å². The molecular weight excluding hydrogens is 403 g/mol. The Balaban J connectivity index is 0.00000261. The van der Waals surface area contributed by atoms with Gasteiger partial charge in [0.1, 0.15) is 0 Å². The van der Waals surface area contributed by atoms with E-state index in [4.69, 9.17) is 23.2 Å². The van der Waals surface area contributed by atoms with Crippen molar-refractivity contribution >= 4 is 47.2 Å². The number of likely N-dealkylation sites (N-methyl/N-ethyl adjacent to an activating group) is 1. The van der Waals surface area contributed by atoms with E-state index in [2.05, 4.69) is 19.0 Å². The average molecular weight is 428 g/mol. The summed E-state index contributed by atoms with van der Waals surface area (Å²) in [6.45, 7) is 0. The first-order chi connectivity index (χ1) is 12.5. The number of para-hydroxylation sites is 1. The Morgan fingerprint density at radius 3 is 2.15 bits per heavy atom. The van der Waals surface area contributed by atoms with E-state index in [-0.39, 0.29) is 24.4 Å². The molecule has 0 radical (unpaired) electrons. The van der Waals surface area contributed by atoms with Crippen LogP contribution in [0, 0.1) is 0 Å². The molecule has 27 heavy (non-hydrogen) atoms. The molecule has 2 aromatic rings. The van der Waals surface area contributed by atoms with E-state index in [0.717, 1.165) is 24.9 Å². The highest BCUT2D eigenvalue weighted by Gasteiger charge is 2.35. The molecule has 1 fully saturated rings. The van der Waals surface area contributed by atoms with E-state index in [1.54, 1.807) is 18.2 Å². The molecule has 2 aromatic carbocycles. The van der Waals surface area contributed by atoms with Crippen molar-refractivity contribution in [3.63, 3.8) is 0 Å². The monoisotopic (exact) mass is 426 g/mol. The second kappa shape index (κ2) is 9.79. The fourth-order valence-corrected chi connectivity index (χ4v) is 4.11. The molecule has 1 saturated carbocycles. The van der Waals surface area contributed by atoms with Crippen LogP contribution in [0.4, 0.5) is 5.69 Å². The number of halogens is 3. The van der Waals surface area contributed by atoms with Crippen LogP contribution in [0.3, 0.4) is 0 Å². The smallest absolute Gasteiger partial charge is 0.258 e. The molecule has 3 nitrogen and oxygen atoms in total. The predicted molar refractivity (Wildman–Crippen MR) is 117 cm³/mol. The van der Waals surface area contributed by atoms with Crippen LogP contribution < -0.4 is 4.90 Å². The molecule has 2 atom stereocenters. The maximum absolute atomic E-state index is 13.5. The minimum Gasteiger partial charge on any atom is -0.304 e. The molecule has 0 saturated heterocycles. The van der Waals surface area contributed by atoms with Gasteiger partial charge in [-0.25, -0.2) is 0 Å². The average Bonchev–Trinajstić information content (AvgIpc) is 2.65. The molecule has 1 aliphatic carbocycles. The summed E-state index contributed by atoms with van der Waals surface area (Å²) in [7, 11) is 4.19. The van der Waals surface area contributed by atoms with Gasteiger partial charge in [-0.3, -0.25) is 4.79 Å². The molecule has 1 aliphatic rings. The van der Waals surface area contributed by atoms with Crippen molar-refractivity contribution in [3.05, 3.63) is 64.1 Å². The Morgan fingerprint density at radius 1 is 0.926 bits per heavy atom. The van der Waals surface area contributed by atoms with Crippen LogP contribution >= 0.6 is 35.6 Å². The Hall–Kier alpha value is -1.26. The van der Waals surface area contributed by atoms with Gasteiger partial charge < -0.3 is 9.80 Å². The minimum atomic E-state index is -0.0338.